The molecule has 5 nitrogen and oxygen atoms in total. The van der Waals surface area contributed by atoms with Gasteiger partial charge in [-0.05, 0) is 18.6 Å². The van der Waals surface area contributed by atoms with Crippen LogP contribution in [-0.4, -0.2) is 16.1 Å². The van der Waals surface area contributed by atoms with E-state index in [1.807, 2.05) is 61.5 Å². The van der Waals surface area contributed by atoms with Crippen molar-refractivity contribution in [2.24, 2.45) is 0 Å². The average molecular weight is 320 g/mol. The highest BCUT2D eigenvalue weighted by molar-refractivity contribution is 5.87. The van der Waals surface area contributed by atoms with Gasteiger partial charge in [-0.2, -0.15) is 4.98 Å². The molecule has 0 aliphatic carbocycles. The first-order valence-corrected chi connectivity index (χ1v) is 7.50. The third kappa shape index (κ3) is 4.16. The number of hydrogen-bond acceptors (Lipinski definition) is 5. The maximum atomic E-state index is 11.8. The van der Waals surface area contributed by atoms with Crippen LogP contribution in [0.2, 0.25) is 0 Å². The Kier molecular flexibility index (Phi) is 4.81. The molecule has 0 saturated heterocycles. The number of ether oxygens (including phenoxy) is 1. The Morgan fingerprint density at radius 1 is 1.17 bits per heavy atom. The summed E-state index contributed by atoms with van der Waals surface area (Å²) in [6.45, 7) is 1.94. The van der Waals surface area contributed by atoms with E-state index in [4.69, 9.17) is 9.26 Å². The van der Waals surface area contributed by atoms with E-state index < -0.39 is 5.97 Å². The Morgan fingerprint density at radius 3 is 2.79 bits per heavy atom. The largest absolute Gasteiger partial charge is 0.452 e. The Labute approximate surface area is 139 Å². The second-order valence-corrected chi connectivity index (χ2v) is 5.23. The molecule has 1 heterocycles. The van der Waals surface area contributed by atoms with E-state index in [-0.39, 0.29) is 12.5 Å². The summed E-state index contributed by atoms with van der Waals surface area (Å²) < 4.78 is 10.2. The zero-order valence-corrected chi connectivity index (χ0v) is 13.2. The van der Waals surface area contributed by atoms with Gasteiger partial charge in [-0.1, -0.05) is 65.3 Å². The molecule has 1 aromatic heterocycles. The van der Waals surface area contributed by atoms with Gasteiger partial charge in [0.2, 0.25) is 5.82 Å². The third-order valence-electron chi connectivity index (χ3n) is 3.29. The van der Waals surface area contributed by atoms with Gasteiger partial charge < -0.3 is 9.26 Å². The smallest absolute Gasteiger partial charge is 0.331 e. The normalized spacial score (nSPS) is 10.9. The van der Waals surface area contributed by atoms with Crippen LogP contribution >= 0.6 is 0 Å². The standard InChI is InChI=1S/C19H16N2O3/c1-14-6-5-7-15(12-14)10-11-18(22)23-13-17-20-19(21-24-17)16-8-3-2-4-9-16/h2-12H,13H2,1H3/b11-10+. The van der Waals surface area contributed by atoms with Crippen LogP contribution in [0.3, 0.4) is 0 Å². The minimum Gasteiger partial charge on any atom is -0.452 e. The highest BCUT2D eigenvalue weighted by Gasteiger charge is 2.09. The van der Waals surface area contributed by atoms with E-state index in [1.54, 1.807) is 6.08 Å². The molecule has 3 rings (SSSR count). The van der Waals surface area contributed by atoms with Gasteiger partial charge in [0.15, 0.2) is 6.61 Å². The number of aromatic nitrogens is 2. The van der Waals surface area contributed by atoms with Crippen LogP contribution in [0.25, 0.3) is 17.5 Å². The fraction of sp³-hybridized carbons (Fsp3) is 0.105. The molecule has 5 heteroatoms. The predicted octanol–water partition coefficient (Wildman–Crippen LogP) is 3.80. The van der Waals surface area contributed by atoms with E-state index in [1.165, 1.54) is 6.08 Å². The number of benzene rings is 2. The molecule has 0 aliphatic heterocycles. The van der Waals surface area contributed by atoms with Gasteiger partial charge in [-0.25, -0.2) is 4.79 Å². The summed E-state index contributed by atoms with van der Waals surface area (Å²) in [5.74, 6) is 0.263. The molecule has 120 valence electrons. The summed E-state index contributed by atoms with van der Waals surface area (Å²) in [6, 6.07) is 17.3. The summed E-state index contributed by atoms with van der Waals surface area (Å²) in [4.78, 5) is 16.0. The van der Waals surface area contributed by atoms with Gasteiger partial charge in [0.25, 0.3) is 5.89 Å². The van der Waals surface area contributed by atoms with Gasteiger partial charge in [-0.15, -0.1) is 0 Å². The highest BCUT2D eigenvalue weighted by Crippen LogP contribution is 2.15. The molecule has 24 heavy (non-hydrogen) atoms. The lowest BCUT2D eigenvalue weighted by molar-refractivity contribution is -0.139. The lowest BCUT2D eigenvalue weighted by Crippen LogP contribution is -2.01. The van der Waals surface area contributed by atoms with Gasteiger partial charge in [0, 0.05) is 11.6 Å². The van der Waals surface area contributed by atoms with E-state index >= 15 is 0 Å². The first-order valence-electron chi connectivity index (χ1n) is 7.50. The topological polar surface area (TPSA) is 65.2 Å². The maximum absolute atomic E-state index is 11.8. The zero-order chi connectivity index (χ0) is 16.8. The summed E-state index contributed by atoms with van der Waals surface area (Å²) in [6.07, 6.45) is 3.09. The summed E-state index contributed by atoms with van der Waals surface area (Å²) in [5.41, 5.74) is 2.92. The SMILES string of the molecule is Cc1cccc(/C=C/C(=O)OCc2nc(-c3ccccc3)no2)c1. The molecule has 2 aromatic carbocycles. The Balaban J connectivity index is 1.56. The minimum atomic E-state index is -0.462. The first-order chi connectivity index (χ1) is 11.7. The number of esters is 1. The number of rotatable bonds is 5. The van der Waals surface area contributed by atoms with Crippen LogP contribution in [0, 0.1) is 6.92 Å². The van der Waals surface area contributed by atoms with Gasteiger partial charge in [0.05, 0.1) is 0 Å². The molecule has 0 amide bonds. The minimum absolute atomic E-state index is 0.0587. The molecule has 0 N–H and O–H groups in total. The van der Waals surface area contributed by atoms with Crippen LogP contribution in [-0.2, 0) is 16.1 Å². The third-order valence-corrected chi connectivity index (χ3v) is 3.29. The second kappa shape index (κ2) is 7.37. The van der Waals surface area contributed by atoms with Crippen LogP contribution in [0.1, 0.15) is 17.0 Å². The zero-order valence-electron chi connectivity index (χ0n) is 13.2. The number of carbonyl (C=O) groups excluding carboxylic acids is 1. The van der Waals surface area contributed by atoms with E-state index in [9.17, 15) is 4.79 Å². The van der Waals surface area contributed by atoms with Gasteiger partial charge in [-0.3, -0.25) is 0 Å². The molecule has 0 aliphatic rings. The average Bonchev–Trinajstić information content (AvgIpc) is 3.08. The molecular weight excluding hydrogens is 304 g/mol. The molecule has 0 unspecified atom stereocenters. The van der Waals surface area contributed by atoms with Crippen molar-refractivity contribution in [1.29, 1.82) is 0 Å². The molecule has 0 atom stereocenters. The first kappa shape index (κ1) is 15.7. The molecule has 0 fully saturated rings. The predicted molar refractivity (Wildman–Crippen MR) is 89.7 cm³/mol. The summed E-state index contributed by atoms with van der Waals surface area (Å²) >= 11 is 0. The van der Waals surface area contributed by atoms with E-state index in [2.05, 4.69) is 10.1 Å². The molecule has 3 aromatic rings. The highest BCUT2D eigenvalue weighted by atomic mass is 16.6. The van der Waals surface area contributed by atoms with Crippen molar-refractivity contribution < 1.29 is 14.1 Å². The van der Waals surface area contributed by atoms with E-state index in [0.717, 1.165) is 16.7 Å². The quantitative estimate of drug-likeness (QED) is 0.528. The Bertz CT molecular complexity index is 854. The van der Waals surface area contributed by atoms with Crippen molar-refractivity contribution in [3.63, 3.8) is 0 Å². The molecule has 0 bridgehead atoms. The molecule has 0 radical (unpaired) electrons. The number of nitrogens with zero attached hydrogens (tertiary/aromatic N) is 2. The lowest BCUT2D eigenvalue weighted by Gasteiger charge is -1.97. The van der Waals surface area contributed by atoms with Crippen molar-refractivity contribution in [3.8, 4) is 11.4 Å². The number of carbonyl (C=O) groups is 1. The van der Waals surface area contributed by atoms with Gasteiger partial charge in [0.1, 0.15) is 0 Å². The maximum Gasteiger partial charge on any atom is 0.331 e. The molecule has 0 spiro atoms. The van der Waals surface area contributed by atoms with E-state index in [0.29, 0.717) is 5.82 Å². The van der Waals surface area contributed by atoms with Crippen molar-refractivity contribution >= 4 is 12.0 Å². The number of hydrogen-bond donors (Lipinski definition) is 0. The second-order valence-electron chi connectivity index (χ2n) is 5.23. The fourth-order valence-electron chi connectivity index (χ4n) is 2.14. The number of aryl methyl sites for hydroxylation is 1. The van der Waals surface area contributed by atoms with Crippen LogP contribution in [0.5, 0.6) is 0 Å². The molecular formula is C19H16N2O3. The molecule has 0 saturated carbocycles. The monoisotopic (exact) mass is 320 g/mol. The van der Waals surface area contributed by atoms with Gasteiger partial charge >= 0.3 is 5.97 Å². The fourth-order valence-corrected chi connectivity index (χ4v) is 2.14. The Morgan fingerprint density at radius 2 is 2.00 bits per heavy atom. The van der Waals surface area contributed by atoms with Crippen molar-refractivity contribution in [3.05, 3.63) is 77.7 Å². The van der Waals surface area contributed by atoms with Crippen molar-refractivity contribution in [2.45, 2.75) is 13.5 Å². The Hall–Kier alpha value is -3.21. The van der Waals surface area contributed by atoms with Crippen LogP contribution < -0.4 is 0 Å². The van der Waals surface area contributed by atoms with Crippen LogP contribution in [0.15, 0.2) is 65.2 Å². The van der Waals surface area contributed by atoms with Crippen molar-refractivity contribution in [2.75, 3.05) is 0 Å². The van der Waals surface area contributed by atoms with Crippen LogP contribution in [0.4, 0.5) is 0 Å². The van der Waals surface area contributed by atoms with Crippen molar-refractivity contribution in [1.82, 2.24) is 10.1 Å². The summed E-state index contributed by atoms with van der Waals surface area (Å²) in [7, 11) is 0. The summed E-state index contributed by atoms with van der Waals surface area (Å²) in [5, 5.41) is 3.87. The lowest BCUT2D eigenvalue weighted by atomic mass is 10.1.